The summed E-state index contributed by atoms with van der Waals surface area (Å²) in [7, 11) is -4.02. The molecule has 0 aromatic heterocycles. The van der Waals surface area contributed by atoms with Crippen LogP contribution in [0.2, 0.25) is 0 Å². The van der Waals surface area contributed by atoms with E-state index in [9.17, 15) is 21.6 Å². The van der Waals surface area contributed by atoms with Crippen LogP contribution in [-0.2, 0) is 10.2 Å². The lowest BCUT2D eigenvalue weighted by atomic mass is 10.1. The van der Waals surface area contributed by atoms with Crippen LogP contribution in [-0.4, -0.2) is 51.1 Å². The normalized spacial score (nSPS) is 19.8. The fraction of sp³-hybridized carbons (Fsp3) is 1.00. The van der Waals surface area contributed by atoms with Gasteiger partial charge in [-0.15, -0.1) is 0 Å². The predicted octanol–water partition coefficient (Wildman–Crippen LogP) is 0.847. The zero-order valence-electron chi connectivity index (χ0n) is 10.8. The zero-order valence-corrected chi connectivity index (χ0v) is 11.6. The third-order valence-electron chi connectivity index (χ3n) is 2.93. The molecular weight excluding hydrogens is 283 g/mol. The maximum atomic E-state index is 12.0. The second-order valence-corrected chi connectivity index (χ2v) is 6.32. The molecule has 9 heteroatoms. The predicted molar refractivity (Wildman–Crippen MR) is 65.9 cm³/mol. The van der Waals surface area contributed by atoms with Crippen molar-refractivity contribution < 1.29 is 21.6 Å². The molecule has 1 aliphatic rings. The van der Waals surface area contributed by atoms with E-state index in [4.69, 9.17) is 0 Å². The van der Waals surface area contributed by atoms with Gasteiger partial charge in [0.2, 0.25) is 0 Å². The molecule has 0 bridgehead atoms. The maximum Gasteiger partial charge on any atom is 0.402 e. The first-order chi connectivity index (χ1) is 8.74. The second-order valence-electron chi connectivity index (χ2n) is 4.57. The molecule has 0 radical (unpaired) electrons. The van der Waals surface area contributed by atoms with Gasteiger partial charge in [-0.2, -0.15) is 30.6 Å². The van der Waals surface area contributed by atoms with E-state index in [-0.39, 0.29) is 19.1 Å². The molecule has 1 fully saturated rings. The Labute approximate surface area is 111 Å². The first-order valence-corrected chi connectivity index (χ1v) is 7.73. The topological polar surface area (TPSA) is 61.4 Å². The molecule has 0 amide bonds. The van der Waals surface area contributed by atoms with Crippen LogP contribution in [0.3, 0.4) is 0 Å². The lowest BCUT2D eigenvalue weighted by Gasteiger charge is -2.31. The standard InChI is InChI=1S/C10H20F3N3O2S/c1-2-5-14-9-3-6-16(7-4-9)19(17,18)15-8-10(11,12)13/h9,14-15H,2-8H2,1H3. The SMILES string of the molecule is CCCNC1CCN(S(=O)(=O)NCC(F)(F)F)CC1. The Bertz CT molecular complexity index is 365. The van der Waals surface area contributed by atoms with E-state index in [1.54, 1.807) is 4.72 Å². The van der Waals surface area contributed by atoms with Gasteiger partial charge in [0.25, 0.3) is 10.2 Å². The smallest absolute Gasteiger partial charge is 0.314 e. The fourth-order valence-electron chi connectivity index (χ4n) is 1.91. The zero-order chi connectivity index (χ0) is 14.5. The largest absolute Gasteiger partial charge is 0.402 e. The number of rotatable bonds is 6. The highest BCUT2D eigenvalue weighted by molar-refractivity contribution is 7.87. The fourth-order valence-corrected chi connectivity index (χ4v) is 3.13. The molecule has 0 aromatic carbocycles. The van der Waals surface area contributed by atoms with Crippen LogP contribution in [0.4, 0.5) is 13.2 Å². The van der Waals surface area contributed by atoms with Crippen molar-refractivity contribution in [1.29, 1.82) is 0 Å². The number of nitrogens with zero attached hydrogens (tertiary/aromatic N) is 1. The van der Waals surface area contributed by atoms with Crippen molar-refractivity contribution in [3.63, 3.8) is 0 Å². The van der Waals surface area contributed by atoms with Crippen molar-refractivity contribution in [2.45, 2.75) is 38.4 Å². The van der Waals surface area contributed by atoms with Crippen LogP contribution in [0.25, 0.3) is 0 Å². The van der Waals surface area contributed by atoms with Crippen molar-refractivity contribution in [2.75, 3.05) is 26.2 Å². The van der Waals surface area contributed by atoms with Crippen LogP contribution < -0.4 is 10.0 Å². The van der Waals surface area contributed by atoms with E-state index in [0.717, 1.165) is 17.3 Å². The van der Waals surface area contributed by atoms with Gasteiger partial charge in [-0.05, 0) is 25.8 Å². The van der Waals surface area contributed by atoms with Gasteiger partial charge in [-0.1, -0.05) is 6.92 Å². The van der Waals surface area contributed by atoms with Gasteiger partial charge in [0.15, 0.2) is 0 Å². The summed E-state index contributed by atoms with van der Waals surface area (Å²) in [6.45, 7) is 1.86. The molecule has 114 valence electrons. The maximum absolute atomic E-state index is 12.0. The highest BCUT2D eigenvalue weighted by Gasteiger charge is 2.33. The highest BCUT2D eigenvalue weighted by Crippen LogP contribution is 2.16. The molecule has 5 nitrogen and oxygen atoms in total. The van der Waals surface area contributed by atoms with Crippen molar-refractivity contribution in [3.05, 3.63) is 0 Å². The highest BCUT2D eigenvalue weighted by atomic mass is 32.2. The van der Waals surface area contributed by atoms with Gasteiger partial charge in [0.05, 0.1) is 0 Å². The summed E-state index contributed by atoms with van der Waals surface area (Å²) in [5.41, 5.74) is 0. The Hall–Kier alpha value is -0.380. The van der Waals surface area contributed by atoms with E-state index < -0.39 is 22.9 Å². The average Bonchev–Trinajstić information content (AvgIpc) is 2.34. The lowest BCUT2D eigenvalue weighted by Crippen LogP contribution is -2.50. The molecule has 2 N–H and O–H groups in total. The third kappa shape index (κ3) is 6.07. The summed E-state index contributed by atoms with van der Waals surface area (Å²) in [6.07, 6.45) is -2.31. The first kappa shape index (κ1) is 16.7. The number of nitrogens with one attached hydrogen (secondary N) is 2. The van der Waals surface area contributed by atoms with Crippen LogP contribution in [0.15, 0.2) is 0 Å². The lowest BCUT2D eigenvalue weighted by molar-refractivity contribution is -0.121. The number of hydrogen-bond acceptors (Lipinski definition) is 3. The van der Waals surface area contributed by atoms with Crippen LogP contribution in [0, 0.1) is 0 Å². The van der Waals surface area contributed by atoms with Crippen LogP contribution in [0.5, 0.6) is 0 Å². The molecule has 0 atom stereocenters. The van der Waals surface area contributed by atoms with Gasteiger partial charge in [-0.25, -0.2) is 0 Å². The number of alkyl halides is 3. The Kier molecular flexibility index (Phi) is 6.03. The number of hydrogen-bond donors (Lipinski definition) is 2. The molecule has 1 aliphatic heterocycles. The number of halogens is 3. The van der Waals surface area contributed by atoms with Crippen molar-refractivity contribution in [2.24, 2.45) is 0 Å². The summed E-state index contributed by atoms with van der Waals surface area (Å²) in [4.78, 5) is 0. The van der Waals surface area contributed by atoms with Crippen LogP contribution >= 0.6 is 0 Å². The van der Waals surface area contributed by atoms with E-state index in [2.05, 4.69) is 5.32 Å². The molecule has 0 spiro atoms. The minimum Gasteiger partial charge on any atom is -0.314 e. The van der Waals surface area contributed by atoms with Gasteiger partial charge in [0, 0.05) is 19.1 Å². The Morgan fingerprint density at radius 3 is 2.32 bits per heavy atom. The monoisotopic (exact) mass is 303 g/mol. The van der Waals surface area contributed by atoms with Crippen molar-refractivity contribution in [1.82, 2.24) is 14.3 Å². The van der Waals surface area contributed by atoms with Crippen molar-refractivity contribution >= 4 is 10.2 Å². The molecule has 0 saturated carbocycles. The Morgan fingerprint density at radius 2 is 1.84 bits per heavy atom. The van der Waals surface area contributed by atoms with E-state index in [1.807, 2.05) is 6.92 Å². The molecule has 0 aromatic rings. The van der Waals surface area contributed by atoms with Gasteiger partial charge in [0.1, 0.15) is 6.54 Å². The summed E-state index contributed by atoms with van der Waals surface area (Å²) >= 11 is 0. The van der Waals surface area contributed by atoms with Gasteiger partial charge in [-0.3, -0.25) is 0 Å². The quantitative estimate of drug-likeness (QED) is 0.764. The van der Waals surface area contributed by atoms with Crippen molar-refractivity contribution in [3.8, 4) is 0 Å². The molecule has 0 aliphatic carbocycles. The molecule has 19 heavy (non-hydrogen) atoms. The first-order valence-electron chi connectivity index (χ1n) is 6.29. The molecular formula is C10H20F3N3O2S. The molecule has 1 heterocycles. The summed E-state index contributed by atoms with van der Waals surface area (Å²) in [6, 6.07) is 0.244. The van der Waals surface area contributed by atoms with Gasteiger partial charge >= 0.3 is 6.18 Å². The summed E-state index contributed by atoms with van der Waals surface area (Å²) < 4.78 is 61.9. The average molecular weight is 303 g/mol. The molecule has 1 saturated heterocycles. The minimum absolute atomic E-state index is 0.244. The Balaban J connectivity index is 2.41. The third-order valence-corrected chi connectivity index (χ3v) is 4.49. The minimum atomic E-state index is -4.53. The molecule has 0 unspecified atom stereocenters. The van der Waals surface area contributed by atoms with Crippen LogP contribution in [0.1, 0.15) is 26.2 Å². The number of piperidine rings is 1. The van der Waals surface area contributed by atoms with Gasteiger partial charge < -0.3 is 5.32 Å². The summed E-state index contributed by atoms with van der Waals surface area (Å²) in [5.74, 6) is 0. The second kappa shape index (κ2) is 6.87. The van der Waals surface area contributed by atoms with E-state index >= 15 is 0 Å². The Morgan fingerprint density at radius 1 is 1.26 bits per heavy atom. The van der Waals surface area contributed by atoms with E-state index in [0.29, 0.717) is 12.8 Å². The summed E-state index contributed by atoms with van der Waals surface area (Å²) in [5, 5.41) is 3.28. The molecule has 1 rings (SSSR count). The van der Waals surface area contributed by atoms with E-state index in [1.165, 1.54) is 0 Å².